The van der Waals surface area contributed by atoms with Crippen LogP contribution in [0, 0.1) is 5.92 Å². The van der Waals surface area contributed by atoms with Crippen molar-refractivity contribution in [3.8, 4) is 0 Å². The van der Waals surface area contributed by atoms with E-state index >= 15 is 0 Å². The highest BCUT2D eigenvalue weighted by atomic mass is 16.5. The summed E-state index contributed by atoms with van der Waals surface area (Å²) < 4.78 is 6.14. The van der Waals surface area contributed by atoms with E-state index in [0.29, 0.717) is 19.3 Å². The van der Waals surface area contributed by atoms with Gasteiger partial charge in [-0.3, -0.25) is 0 Å². The molecule has 4 heteroatoms. The Labute approximate surface area is 144 Å². The Bertz CT molecular complexity index is 556. The highest BCUT2D eigenvalue weighted by Gasteiger charge is 2.45. The quantitative estimate of drug-likeness (QED) is 0.591. The first kappa shape index (κ1) is 18.9. The molecule has 1 saturated heterocycles. The Kier molecular flexibility index (Phi) is 6.05. The fourth-order valence-electron chi connectivity index (χ4n) is 3.68. The van der Waals surface area contributed by atoms with Gasteiger partial charge in [-0.05, 0) is 59.3 Å². The molecule has 0 saturated carbocycles. The number of hydrogen-bond acceptors (Lipinski definition) is 3. The summed E-state index contributed by atoms with van der Waals surface area (Å²) >= 11 is 0. The first-order valence-electron chi connectivity index (χ1n) is 8.82. The number of rotatable bonds is 2. The van der Waals surface area contributed by atoms with Crippen LogP contribution in [-0.2, 0) is 9.53 Å². The minimum atomic E-state index is -0.977. The zero-order chi connectivity index (χ0) is 17.9. The van der Waals surface area contributed by atoms with E-state index in [0.717, 1.165) is 19.3 Å². The molecule has 1 fully saturated rings. The van der Waals surface area contributed by atoms with E-state index in [-0.39, 0.29) is 23.7 Å². The van der Waals surface area contributed by atoms with Crippen LogP contribution in [0.3, 0.4) is 0 Å². The van der Waals surface area contributed by atoms with Crippen LogP contribution in [0.4, 0.5) is 0 Å². The van der Waals surface area contributed by atoms with E-state index in [2.05, 4.69) is 32.6 Å². The first-order valence-corrected chi connectivity index (χ1v) is 8.82. The number of hydrogen-bond donors (Lipinski definition) is 2. The predicted octanol–water partition coefficient (Wildman–Crippen LogP) is 4.01. The number of aliphatic carboxylic acids is 1. The van der Waals surface area contributed by atoms with Crippen molar-refractivity contribution in [2.45, 2.75) is 77.1 Å². The van der Waals surface area contributed by atoms with Crippen LogP contribution >= 0.6 is 0 Å². The standard InChI is InChI=1S/C20H30O4/c1-13-7-5-8-14(2)11-17-16(15(3)19(21)22)12-18(24-17)20(4,23)10-6-9-13/h8-9,16-18,23H,3,5-7,10-12H2,1-2,4H3,(H,21,22). The van der Waals surface area contributed by atoms with Gasteiger partial charge in [0.2, 0.25) is 0 Å². The molecule has 2 N–H and O–H groups in total. The lowest BCUT2D eigenvalue weighted by atomic mass is 9.83. The zero-order valence-electron chi connectivity index (χ0n) is 15.0. The maximum absolute atomic E-state index is 11.4. The molecule has 4 atom stereocenters. The van der Waals surface area contributed by atoms with E-state index in [4.69, 9.17) is 4.74 Å². The molecule has 0 aliphatic carbocycles. The molecule has 0 spiro atoms. The Morgan fingerprint density at radius 2 is 1.96 bits per heavy atom. The van der Waals surface area contributed by atoms with Crippen LogP contribution in [0.5, 0.6) is 0 Å². The lowest BCUT2D eigenvalue weighted by molar-refractivity contribution is -0.133. The van der Waals surface area contributed by atoms with Gasteiger partial charge in [0.05, 0.1) is 17.8 Å². The molecule has 0 aromatic rings. The van der Waals surface area contributed by atoms with Crippen molar-refractivity contribution >= 4 is 5.97 Å². The van der Waals surface area contributed by atoms with Gasteiger partial charge in [-0.2, -0.15) is 0 Å². The van der Waals surface area contributed by atoms with Crippen molar-refractivity contribution in [1.29, 1.82) is 0 Å². The Morgan fingerprint density at radius 3 is 2.62 bits per heavy atom. The van der Waals surface area contributed by atoms with Gasteiger partial charge in [0.1, 0.15) is 0 Å². The summed E-state index contributed by atoms with van der Waals surface area (Å²) in [6.07, 6.45) is 8.43. The summed E-state index contributed by atoms with van der Waals surface area (Å²) in [5.74, 6) is -1.22. The third kappa shape index (κ3) is 4.58. The molecule has 0 amide bonds. The van der Waals surface area contributed by atoms with Gasteiger partial charge in [0.25, 0.3) is 0 Å². The van der Waals surface area contributed by atoms with Gasteiger partial charge in [-0.15, -0.1) is 0 Å². The molecule has 4 unspecified atom stereocenters. The van der Waals surface area contributed by atoms with Gasteiger partial charge >= 0.3 is 5.97 Å². The molecular formula is C20H30O4. The predicted molar refractivity (Wildman–Crippen MR) is 94.8 cm³/mol. The lowest BCUT2D eigenvalue weighted by Crippen LogP contribution is -2.39. The summed E-state index contributed by atoms with van der Waals surface area (Å²) in [6, 6.07) is 0. The maximum Gasteiger partial charge on any atom is 0.331 e. The summed E-state index contributed by atoms with van der Waals surface area (Å²) in [5, 5.41) is 20.2. The molecule has 0 aromatic heterocycles. The molecule has 2 heterocycles. The van der Waals surface area contributed by atoms with E-state index in [1.54, 1.807) is 6.92 Å². The SMILES string of the molecule is C=C(C(=O)O)C1CC2OC1CC(C)=CCCC(C)=CCCC2(C)O. The van der Waals surface area contributed by atoms with E-state index in [1.807, 2.05) is 0 Å². The van der Waals surface area contributed by atoms with E-state index in [1.165, 1.54) is 11.1 Å². The number of fused-ring (bicyclic) bond motifs is 2. The second-order valence-corrected chi connectivity index (χ2v) is 7.58. The van der Waals surface area contributed by atoms with E-state index in [9.17, 15) is 15.0 Å². The van der Waals surface area contributed by atoms with Gasteiger partial charge in [-0.25, -0.2) is 4.79 Å². The van der Waals surface area contributed by atoms with Crippen LogP contribution in [-0.4, -0.2) is 34.0 Å². The van der Waals surface area contributed by atoms with Crippen molar-refractivity contribution in [3.63, 3.8) is 0 Å². The average molecular weight is 334 g/mol. The third-order valence-electron chi connectivity index (χ3n) is 5.37. The summed E-state index contributed by atoms with van der Waals surface area (Å²) in [4.78, 5) is 11.4. The molecule has 2 aliphatic heterocycles. The van der Waals surface area contributed by atoms with Crippen molar-refractivity contribution in [2.24, 2.45) is 5.92 Å². The summed E-state index contributed by atoms with van der Waals surface area (Å²) in [7, 11) is 0. The second-order valence-electron chi connectivity index (χ2n) is 7.58. The highest BCUT2D eigenvalue weighted by molar-refractivity contribution is 5.86. The zero-order valence-corrected chi connectivity index (χ0v) is 15.0. The van der Waals surface area contributed by atoms with Crippen molar-refractivity contribution in [2.75, 3.05) is 0 Å². The largest absolute Gasteiger partial charge is 0.478 e. The van der Waals surface area contributed by atoms with Gasteiger partial charge < -0.3 is 14.9 Å². The highest BCUT2D eigenvalue weighted by Crippen LogP contribution is 2.40. The molecule has 2 bridgehead atoms. The van der Waals surface area contributed by atoms with Crippen LogP contribution in [0.2, 0.25) is 0 Å². The Morgan fingerprint density at radius 1 is 1.29 bits per heavy atom. The average Bonchev–Trinajstić information content (AvgIpc) is 2.90. The van der Waals surface area contributed by atoms with Gasteiger partial charge in [-0.1, -0.05) is 29.9 Å². The van der Waals surface area contributed by atoms with Gasteiger partial charge in [0, 0.05) is 11.5 Å². The van der Waals surface area contributed by atoms with Crippen LogP contribution in [0.15, 0.2) is 35.5 Å². The fourth-order valence-corrected chi connectivity index (χ4v) is 3.68. The van der Waals surface area contributed by atoms with Crippen molar-refractivity contribution < 1.29 is 19.7 Å². The normalized spacial score (nSPS) is 35.1. The minimum Gasteiger partial charge on any atom is -0.478 e. The van der Waals surface area contributed by atoms with Crippen LogP contribution < -0.4 is 0 Å². The molecule has 134 valence electrons. The number of allylic oxidation sites excluding steroid dienone is 3. The lowest BCUT2D eigenvalue weighted by Gasteiger charge is -2.29. The molecule has 2 rings (SSSR count). The molecule has 4 nitrogen and oxygen atoms in total. The number of carboxylic acid groups (broad SMARTS) is 1. The Hall–Kier alpha value is -1.39. The Balaban J connectivity index is 2.27. The fraction of sp³-hybridized carbons (Fsp3) is 0.650. The summed E-state index contributed by atoms with van der Waals surface area (Å²) in [5.41, 5.74) is 1.77. The number of carbonyl (C=O) groups is 1. The number of aliphatic hydroxyl groups is 1. The topological polar surface area (TPSA) is 66.8 Å². The van der Waals surface area contributed by atoms with Crippen LogP contribution in [0.1, 0.15) is 59.3 Å². The van der Waals surface area contributed by atoms with Crippen molar-refractivity contribution in [1.82, 2.24) is 0 Å². The smallest absolute Gasteiger partial charge is 0.331 e. The number of carboxylic acids is 1. The molecule has 0 aromatic carbocycles. The first-order chi connectivity index (χ1) is 11.2. The minimum absolute atomic E-state index is 0.189. The van der Waals surface area contributed by atoms with Crippen LogP contribution in [0.25, 0.3) is 0 Å². The number of ether oxygens (including phenoxy) is 1. The molecule has 0 radical (unpaired) electrons. The molecular weight excluding hydrogens is 304 g/mol. The molecule has 24 heavy (non-hydrogen) atoms. The molecule has 2 aliphatic rings. The monoisotopic (exact) mass is 334 g/mol. The van der Waals surface area contributed by atoms with Crippen molar-refractivity contribution in [3.05, 3.63) is 35.5 Å². The second kappa shape index (κ2) is 7.66. The van der Waals surface area contributed by atoms with E-state index < -0.39 is 11.6 Å². The van der Waals surface area contributed by atoms with Gasteiger partial charge in [0.15, 0.2) is 0 Å². The third-order valence-corrected chi connectivity index (χ3v) is 5.37. The summed E-state index contributed by atoms with van der Waals surface area (Å²) in [6.45, 7) is 9.74. The maximum atomic E-state index is 11.4.